The lowest BCUT2D eigenvalue weighted by atomic mass is 10.1. The van der Waals surface area contributed by atoms with E-state index in [-0.39, 0.29) is 17.9 Å². The van der Waals surface area contributed by atoms with Gasteiger partial charge in [-0.25, -0.2) is 0 Å². The van der Waals surface area contributed by atoms with E-state index < -0.39 is 0 Å². The van der Waals surface area contributed by atoms with E-state index in [1.807, 2.05) is 4.90 Å². The van der Waals surface area contributed by atoms with E-state index in [0.29, 0.717) is 11.7 Å². The number of likely N-dealkylation sites (tertiary alicyclic amines) is 1. The molecule has 1 aromatic heterocycles. The van der Waals surface area contributed by atoms with Crippen LogP contribution >= 0.6 is 0 Å². The Hall–Kier alpha value is -1.65. The molecule has 5 nitrogen and oxygen atoms in total. The number of carbonyl (C=O) groups excluding carboxylic acids is 1. The van der Waals surface area contributed by atoms with E-state index in [1.54, 1.807) is 0 Å². The number of nitrogens with zero attached hydrogens (tertiary/aromatic N) is 3. The van der Waals surface area contributed by atoms with Crippen LogP contribution in [0.25, 0.3) is 0 Å². The van der Waals surface area contributed by atoms with E-state index in [0.717, 1.165) is 51.0 Å². The maximum atomic E-state index is 12.6. The highest BCUT2D eigenvalue weighted by molar-refractivity contribution is 5.80. The summed E-state index contributed by atoms with van der Waals surface area (Å²) in [4.78, 5) is 19.1. The largest absolute Gasteiger partial charge is 0.339 e. The van der Waals surface area contributed by atoms with Crippen LogP contribution in [0.5, 0.6) is 0 Å². The lowest BCUT2D eigenvalue weighted by Gasteiger charge is -2.25. The monoisotopic (exact) mass is 273 g/mol. The Labute approximate surface area is 118 Å². The Morgan fingerprint density at radius 1 is 1.25 bits per heavy atom. The summed E-state index contributed by atoms with van der Waals surface area (Å²) in [5.41, 5.74) is 0. The molecule has 0 radical (unpaired) electrons. The first-order valence-electron chi connectivity index (χ1n) is 7.62. The van der Waals surface area contributed by atoms with Crippen molar-refractivity contribution in [1.82, 2.24) is 15.0 Å². The first-order valence-corrected chi connectivity index (χ1v) is 7.62. The molecular formula is C15H19N3O2. The molecule has 2 heterocycles. The summed E-state index contributed by atoms with van der Waals surface area (Å²) >= 11 is 0. The van der Waals surface area contributed by atoms with Gasteiger partial charge in [-0.3, -0.25) is 4.79 Å². The van der Waals surface area contributed by atoms with Gasteiger partial charge in [-0.15, -0.1) is 0 Å². The van der Waals surface area contributed by atoms with E-state index >= 15 is 0 Å². The standard InChI is InChI=1S/C15H19N3O2/c19-15(11-4-1-2-5-11)18-9-3-6-12(18)13-16-14(20-17-13)10-7-8-10/h1-2,10-12H,3-9H2. The van der Waals surface area contributed by atoms with Crippen molar-refractivity contribution in [2.75, 3.05) is 6.54 Å². The second-order valence-corrected chi connectivity index (χ2v) is 6.09. The molecule has 1 saturated carbocycles. The van der Waals surface area contributed by atoms with Gasteiger partial charge in [0.1, 0.15) is 0 Å². The molecule has 106 valence electrons. The molecule has 0 N–H and O–H groups in total. The van der Waals surface area contributed by atoms with E-state index in [1.165, 1.54) is 0 Å². The molecule has 0 aromatic carbocycles. The molecule has 0 spiro atoms. The Morgan fingerprint density at radius 3 is 2.80 bits per heavy atom. The molecule has 20 heavy (non-hydrogen) atoms. The summed E-state index contributed by atoms with van der Waals surface area (Å²) in [5.74, 6) is 2.34. The van der Waals surface area contributed by atoms with Gasteiger partial charge in [0.15, 0.2) is 5.82 Å². The summed E-state index contributed by atoms with van der Waals surface area (Å²) in [6.45, 7) is 0.827. The number of hydrogen-bond acceptors (Lipinski definition) is 4. The third-order valence-corrected chi connectivity index (χ3v) is 4.58. The lowest BCUT2D eigenvalue weighted by Crippen LogP contribution is -2.35. The van der Waals surface area contributed by atoms with Crippen LogP contribution in [-0.4, -0.2) is 27.5 Å². The number of aromatic nitrogens is 2. The molecule has 1 saturated heterocycles. The van der Waals surface area contributed by atoms with Crippen molar-refractivity contribution in [1.29, 1.82) is 0 Å². The van der Waals surface area contributed by atoms with Gasteiger partial charge in [-0.1, -0.05) is 17.3 Å². The smallest absolute Gasteiger partial charge is 0.229 e. The molecule has 4 rings (SSSR count). The van der Waals surface area contributed by atoms with Gasteiger partial charge >= 0.3 is 0 Å². The second kappa shape index (κ2) is 4.72. The highest BCUT2D eigenvalue weighted by Gasteiger charge is 2.38. The summed E-state index contributed by atoms with van der Waals surface area (Å²) in [5, 5.41) is 4.12. The van der Waals surface area contributed by atoms with Crippen LogP contribution in [0.4, 0.5) is 0 Å². The molecule has 1 aromatic rings. The fourth-order valence-electron chi connectivity index (χ4n) is 3.23. The van der Waals surface area contributed by atoms with Gasteiger partial charge in [0, 0.05) is 18.4 Å². The fraction of sp³-hybridized carbons (Fsp3) is 0.667. The number of rotatable bonds is 3. The van der Waals surface area contributed by atoms with Gasteiger partial charge in [0.2, 0.25) is 11.8 Å². The van der Waals surface area contributed by atoms with Crippen molar-refractivity contribution in [3.63, 3.8) is 0 Å². The zero-order valence-electron chi connectivity index (χ0n) is 11.5. The summed E-state index contributed by atoms with van der Waals surface area (Å²) in [6.07, 6.45) is 10.3. The number of carbonyl (C=O) groups is 1. The van der Waals surface area contributed by atoms with Crippen LogP contribution in [0.2, 0.25) is 0 Å². The zero-order valence-corrected chi connectivity index (χ0v) is 11.5. The van der Waals surface area contributed by atoms with Crippen molar-refractivity contribution in [3.8, 4) is 0 Å². The molecule has 0 bridgehead atoms. The highest BCUT2D eigenvalue weighted by Crippen LogP contribution is 2.40. The maximum Gasteiger partial charge on any atom is 0.229 e. The van der Waals surface area contributed by atoms with Crippen LogP contribution in [0.3, 0.4) is 0 Å². The Bertz CT molecular complexity index is 539. The first kappa shape index (κ1) is 12.1. The van der Waals surface area contributed by atoms with E-state index in [4.69, 9.17) is 4.52 Å². The molecule has 1 unspecified atom stereocenters. The summed E-state index contributed by atoms with van der Waals surface area (Å²) in [7, 11) is 0. The first-order chi connectivity index (χ1) is 9.83. The Morgan fingerprint density at radius 2 is 2.05 bits per heavy atom. The third kappa shape index (κ3) is 2.05. The summed E-state index contributed by atoms with van der Waals surface area (Å²) in [6, 6.07) is 0.0272. The minimum atomic E-state index is 0.0272. The number of allylic oxidation sites excluding steroid dienone is 2. The fourth-order valence-corrected chi connectivity index (χ4v) is 3.23. The van der Waals surface area contributed by atoms with Gasteiger partial charge < -0.3 is 9.42 Å². The predicted molar refractivity (Wildman–Crippen MR) is 71.8 cm³/mol. The van der Waals surface area contributed by atoms with Gasteiger partial charge in [0.05, 0.1) is 6.04 Å². The van der Waals surface area contributed by atoms with E-state index in [2.05, 4.69) is 22.3 Å². The van der Waals surface area contributed by atoms with Crippen LogP contribution < -0.4 is 0 Å². The quantitative estimate of drug-likeness (QED) is 0.794. The summed E-state index contributed by atoms with van der Waals surface area (Å²) < 4.78 is 5.34. The minimum Gasteiger partial charge on any atom is -0.339 e. The highest BCUT2D eigenvalue weighted by atomic mass is 16.5. The minimum absolute atomic E-state index is 0.0272. The molecular weight excluding hydrogens is 254 g/mol. The van der Waals surface area contributed by atoms with Gasteiger partial charge in [-0.05, 0) is 38.5 Å². The SMILES string of the molecule is O=C(C1CC=CC1)N1CCCC1c1noc(C2CC2)n1. The van der Waals surface area contributed by atoms with Crippen molar-refractivity contribution < 1.29 is 9.32 Å². The van der Waals surface area contributed by atoms with Crippen LogP contribution in [0, 0.1) is 5.92 Å². The van der Waals surface area contributed by atoms with E-state index in [9.17, 15) is 4.79 Å². The average molecular weight is 273 g/mol. The van der Waals surface area contributed by atoms with Gasteiger partial charge in [-0.2, -0.15) is 4.98 Å². The van der Waals surface area contributed by atoms with Crippen molar-refractivity contribution in [2.45, 2.75) is 50.5 Å². The second-order valence-electron chi connectivity index (χ2n) is 6.09. The van der Waals surface area contributed by atoms with Gasteiger partial charge in [0.25, 0.3) is 0 Å². The molecule has 2 aliphatic carbocycles. The normalized spacial score (nSPS) is 26.6. The molecule has 3 aliphatic rings. The predicted octanol–water partition coefficient (Wildman–Crippen LogP) is 2.58. The van der Waals surface area contributed by atoms with Crippen molar-refractivity contribution in [2.24, 2.45) is 5.92 Å². The van der Waals surface area contributed by atoms with Crippen molar-refractivity contribution in [3.05, 3.63) is 23.9 Å². The maximum absolute atomic E-state index is 12.6. The molecule has 5 heteroatoms. The van der Waals surface area contributed by atoms with Crippen LogP contribution in [0.1, 0.15) is 62.2 Å². The third-order valence-electron chi connectivity index (χ3n) is 4.58. The van der Waals surface area contributed by atoms with Crippen molar-refractivity contribution >= 4 is 5.91 Å². The Balaban J connectivity index is 1.51. The zero-order chi connectivity index (χ0) is 13.5. The van der Waals surface area contributed by atoms with Crippen LogP contribution in [0.15, 0.2) is 16.7 Å². The number of hydrogen-bond donors (Lipinski definition) is 0. The average Bonchev–Trinajstić information content (AvgIpc) is 2.97. The molecule has 2 fully saturated rings. The van der Waals surface area contributed by atoms with Crippen LogP contribution in [-0.2, 0) is 4.79 Å². The lowest BCUT2D eigenvalue weighted by molar-refractivity contribution is -0.136. The topological polar surface area (TPSA) is 59.2 Å². The molecule has 1 atom stereocenters. The molecule has 1 amide bonds. The Kier molecular flexibility index (Phi) is 2.86. The number of amides is 1. The molecule has 1 aliphatic heterocycles.